The van der Waals surface area contributed by atoms with Crippen LogP contribution >= 0.6 is 15.9 Å². The van der Waals surface area contributed by atoms with Gasteiger partial charge in [-0.25, -0.2) is 4.39 Å². The van der Waals surface area contributed by atoms with E-state index in [1.54, 1.807) is 0 Å². The highest BCUT2D eigenvalue weighted by molar-refractivity contribution is 9.10. The Morgan fingerprint density at radius 1 is 1.25 bits per heavy atom. The molecule has 1 fully saturated rings. The molecule has 1 saturated carbocycles. The van der Waals surface area contributed by atoms with E-state index in [2.05, 4.69) is 42.0 Å². The fraction of sp³-hybridized carbons (Fsp3) is 0.647. The summed E-state index contributed by atoms with van der Waals surface area (Å²) in [5, 5.41) is 3.65. The van der Waals surface area contributed by atoms with Crippen molar-refractivity contribution in [2.24, 2.45) is 5.41 Å². The standard InChI is InChI=1S/C17H25BrFN/c1-16(2,3)20-12-17(9-4-5-10-17)11-13-7-6-8-14(19)15(13)18/h6-8,20H,4-5,9-12H2,1-3H3. The van der Waals surface area contributed by atoms with Crippen molar-refractivity contribution in [1.82, 2.24) is 5.32 Å². The van der Waals surface area contributed by atoms with E-state index in [1.165, 1.54) is 31.7 Å². The molecular formula is C17H25BrFN. The zero-order valence-electron chi connectivity index (χ0n) is 12.7. The molecule has 1 aromatic carbocycles. The van der Waals surface area contributed by atoms with Crippen molar-refractivity contribution in [1.29, 1.82) is 0 Å². The van der Waals surface area contributed by atoms with Crippen LogP contribution in [0.4, 0.5) is 4.39 Å². The van der Waals surface area contributed by atoms with E-state index in [0.29, 0.717) is 4.47 Å². The summed E-state index contributed by atoms with van der Waals surface area (Å²) in [5.74, 6) is -0.153. The topological polar surface area (TPSA) is 12.0 Å². The normalized spacial score (nSPS) is 18.4. The van der Waals surface area contributed by atoms with Gasteiger partial charge in [-0.2, -0.15) is 0 Å². The molecule has 0 aliphatic heterocycles. The van der Waals surface area contributed by atoms with Gasteiger partial charge in [-0.15, -0.1) is 0 Å². The zero-order valence-corrected chi connectivity index (χ0v) is 14.3. The number of nitrogens with one attached hydrogen (secondary N) is 1. The first-order valence-corrected chi connectivity index (χ1v) is 8.29. The van der Waals surface area contributed by atoms with Gasteiger partial charge in [-0.3, -0.25) is 0 Å². The molecule has 0 unspecified atom stereocenters. The van der Waals surface area contributed by atoms with Crippen molar-refractivity contribution in [3.63, 3.8) is 0 Å². The van der Waals surface area contributed by atoms with Gasteiger partial charge < -0.3 is 5.32 Å². The van der Waals surface area contributed by atoms with Crippen LogP contribution in [0.1, 0.15) is 52.0 Å². The van der Waals surface area contributed by atoms with Gasteiger partial charge >= 0.3 is 0 Å². The molecule has 1 N–H and O–H groups in total. The molecule has 1 aliphatic rings. The molecule has 1 nitrogen and oxygen atoms in total. The molecule has 1 aromatic rings. The molecule has 3 heteroatoms. The van der Waals surface area contributed by atoms with Gasteiger partial charge in [0.25, 0.3) is 0 Å². The summed E-state index contributed by atoms with van der Waals surface area (Å²) in [6.07, 6.45) is 6.00. The summed E-state index contributed by atoms with van der Waals surface area (Å²) < 4.78 is 14.3. The van der Waals surface area contributed by atoms with Crippen LogP contribution in [0.25, 0.3) is 0 Å². The van der Waals surface area contributed by atoms with Gasteiger partial charge in [-0.1, -0.05) is 25.0 Å². The SMILES string of the molecule is CC(C)(C)NCC1(Cc2cccc(F)c2Br)CCCC1. The second kappa shape index (κ2) is 6.15. The van der Waals surface area contributed by atoms with E-state index in [-0.39, 0.29) is 16.8 Å². The van der Waals surface area contributed by atoms with Crippen LogP contribution in [0, 0.1) is 11.2 Å². The van der Waals surface area contributed by atoms with Gasteiger partial charge in [0.1, 0.15) is 5.82 Å². The van der Waals surface area contributed by atoms with E-state index < -0.39 is 0 Å². The number of rotatable bonds is 4. The lowest BCUT2D eigenvalue weighted by molar-refractivity contribution is 0.244. The molecule has 2 rings (SSSR count). The lowest BCUT2D eigenvalue weighted by Crippen LogP contribution is -2.44. The molecule has 0 saturated heterocycles. The van der Waals surface area contributed by atoms with Gasteiger partial charge in [0, 0.05) is 12.1 Å². The summed E-state index contributed by atoms with van der Waals surface area (Å²) in [5.41, 5.74) is 1.51. The quantitative estimate of drug-likeness (QED) is 0.805. The Hall–Kier alpha value is -0.410. The zero-order chi connectivity index (χ0) is 14.8. The monoisotopic (exact) mass is 341 g/mol. The number of hydrogen-bond donors (Lipinski definition) is 1. The molecule has 0 amide bonds. The third-order valence-corrected chi connectivity index (χ3v) is 5.14. The molecule has 1 aliphatic carbocycles. The second-order valence-electron chi connectivity index (χ2n) is 7.20. The summed E-state index contributed by atoms with van der Waals surface area (Å²) >= 11 is 3.41. The summed E-state index contributed by atoms with van der Waals surface area (Å²) in [6, 6.07) is 5.38. The Labute approximate surface area is 130 Å². The number of halogens is 2. The van der Waals surface area contributed by atoms with Crippen molar-refractivity contribution in [2.75, 3.05) is 6.54 Å². The largest absolute Gasteiger partial charge is 0.312 e. The maximum atomic E-state index is 13.7. The van der Waals surface area contributed by atoms with Crippen LogP contribution < -0.4 is 5.32 Å². The van der Waals surface area contributed by atoms with Crippen molar-refractivity contribution < 1.29 is 4.39 Å². The van der Waals surface area contributed by atoms with Crippen molar-refractivity contribution in [2.45, 2.75) is 58.4 Å². The number of hydrogen-bond acceptors (Lipinski definition) is 1. The van der Waals surface area contributed by atoms with Crippen molar-refractivity contribution >= 4 is 15.9 Å². The van der Waals surface area contributed by atoms with E-state index in [9.17, 15) is 4.39 Å². The average Bonchev–Trinajstić information content (AvgIpc) is 2.81. The minimum Gasteiger partial charge on any atom is -0.312 e. The summed E-state index contributed by atoms with van der Waals surface area (Å²) in [6.45, 7) is 7.62. The predicted octanol–water partition coefficient (Wildman–Crippen LogP) is 5.08. The Bertz CT molecular complexity index is 459. The minimum atomic E-state index is -0.153. The molecule has 0 heterocycles. The van der Waals surface area contributed by atoms with Gasteiger partial charge in [-0.05, 0) is 73.0 Å². The lowest BCUT2D eigenvalue weighted by Gasteiger charge is -2.34. The first kappa shape index (κ1) is 16.0. The van der Waals surface area contributed by atoms with Crippen LogP contribution in [0.2, 0.25) is 0 Å². The Kier molecular flexibility index (Phi) is 4.91. The maximum Gasteiger partial charge on any atom is 0.137 e. The Morgan fingerprint density at radius 3 is 2.50 bits per heavy atom. The van der Waals surface area contributed by atoms with Crippen molar-refractivity contribution in [3.8, 4) is 0 Å². The average molecular weight is 342 g/mol. The smallest absolute Gasteiger partial charge is 0.137 e. The van der Waals surface area contributed by atoms with Crippen LogP contribution in [0.5, 0.6) is 0 Å². The van der Waals surface area contributed by atoms with Gasteiger partial charge in [0.05, 0.1) is 4.47 Å². The van der Waals surface area contributed by atoms with Crippen LogP contribution in [0.15, 0.2) is 22.7 Å². The predicted molar refractivity (Wildman–Crippen MR) is 86.5 cm³/mol. The molecule has 112 valence electrons. The molecule has 0 radical (unpaired) electrons. The fourth-order valence-electron chi connectivity index (χ4n) is 3.08. The minimum absolute atomic E-state index is 0.134. The first-order valence-electron chi connectivity index (χ1n) is 7.49. The highest BCUT2D eigenvalue weighted by atomic mass is 79.9. The molecular weight excluding hydrogens is 317 g/mol. The molecule has 0 atom stereocenters. The van der Waals surface area contributed by atoms with E-state index >= 15 is 0 Å². The Balaban J connectivity index is 2.15. The molecule has 0 aromatic heterocycles. The summed E-state index contributed by atoms with van der Waals surface area (Å²) in [4.78, 5) is 0. The van der Waals surface area contributed by atoms with Crippen LogP contribution in [-0.4, -0.2) is 12.1 Å². The third kappa shape index (κ3) is 4.05. The van der Waals surface area contributed by atoms with Gasteiger partial charge in [0.2, 0.25) is 0 Å². The fourth-order valence-corrected chi connectivity index (χ4v) is 3.49. The van der Waals surface area contributed by atoms with Crippen LogP contribution in [0.3, 0.4) is 0 Å². The summed E-state index contributed by atoms with van der Waals surface area (Å²) in [7, 11) is 0. The lowest BCUT2D eigenvalue weighted by atomic mass is 9.79. The van der Waals surface area contributed by atoms with Gasteiger partial charge in [0.15, 0.2) is 0 Å². The molecule has 0 bridgehead atoms. The van der Waals surface area contributed by atoms with E-state index in [4.69, 9.17) is 0 Å². The molecule has 20 heavy (non-hydrogen) atoms. The number of benzene rings is 1. The van der Waals surface area contributed by atoms with E-state index in [0.717, 1.165) is 18.5 Å². The first-order chi connectivity index (χ1) is 9.31. The van der Waals surface area contributed by atoms with Crippen molar-refractivity contribution in [3.05, 3.63) is 34.1 Å². The maximum absolute atomic E-state index is 13.7. The highest BCUT2D eigenvalue weighted by Gasteiger charge is 2.35. The highest BCUT2D eigenvalue weighted by Crippen LogP contribution is 2.42. The second-order valence-corrected chi connectivity index (χ2v) is 7.99. The third-order valence-electron chi connectivity index (χ3n) is 4.25. The molecule has 0 spiro atoms. The van der Waals surface area contributed by atoms with Crippen LogP contribution in [-0.2, 0) is 6.42 Å². The van der Waals surface area contributed by atoms with E-state index in [1.807, 2.05) is 12.1 Å². The Morgan fingerprint density at radius 2 is 1.90 bits per heavy atom.